The summed E-state index contributed by atoms with van der Waals surface area (Å²) in [6.07, 6.45) is 3.51. The Morgan fingerprint density at radius 3 is 2.71 bits per heavy atom. The quantitative estimate of drug-likeness (QED) is 0.337. The molecule has 1 heterocycles. The standard InChI is InChI=1S/C4H6ClN2/c1-7-4(5)2-3-6-7/h2-4H,1H3. The summed E-state index contributed by atoms with van der Waals surface area (Å²) in [7, 11) is 1.83. The molecule has 3 heteroatoms. The highest BCUT2D eigenvalue weighted by Gasteiger charge is 2.11. The second-order valence-corrected chi connectivity index (χ2v) is 1.85. The van der Waals surface area contributed by atoms with Crippen LogP contribution >= 0.6 is 11.6 Å². The van der Waals surface area contributed by atoms with Crippen LogP contribution in [0.25, 0.3) is 0 Å². The second-order valence-electron chi connectivity index (χ2n) is 1.40. The monoisotopic (exact) mass is 117 g/mol. The number of alkyl halides is 1. The maximum absolute atomic E-state index is 5.61. The van der Waals surface area contributed by atoms with E-state index >= 15 is 0 Å². The van der Waals surface area contributed by atoms with Crippen LogP contribution in [-0.2, 0) is 0 Å². The van der Waals surface area contributed by atoms with Crippen molar-refractivity contribution in [2.75, 3.05) is 7.05 Å². The average Bonchev–Trinajstić information content (AvgIpc) is 1.91. The van der Waals surface area contributed by atoms with Crippen molar-refractivity contribution in [1.29, 1.82) is 0 Å². The molecule has 1 aliphatic heterocycles. The molecule has 1 radical (unpaired) electrons. The molecule has 0 aromatic heterocycles. The molecule has 0 saturated heterocycles. The van der Waals surface area contributed by atoms with Crippen molar-refractivity contribution in [3.05, 3.63) is 6.42 Å². The van der Waals surface area contributed by atoms with Gasteiger partial charge in [0.05, 0.1) is 0 Å². The molecule has 0 aliphatic carbocycles. The Labute approximate surface area is 47.8 Å². The van der Waals surface area contributed by atoms with Crippen LogP contribution in [0.2, 0.25) is 0 Å². The fourth-order valence-electron chi connectivity index (χ4n) is 0.403. The molecule has 0 N–H and O–H groups in total. The summed E-state index contributed by atoms with van der Waals surface area (Å²) in [5, 5.41) is 5.52. The maximum atomic E-state index is 5.61. The average molecular weight is 118 g/mol. The van der Waals surface area contributed by atoms with Gasteiger partial charge in [0.1, 0.15) is 5.50 Å². The molecule has 1 rings (SSSR count). The highest BCUT2D eigenvalue weighted by Crippen LogP contribution is 2.09. The second kappa shape index (κ2) is 1.70. The summed E-state index contributed by atoms with van der Waals surface area (Å²) >= 11 is 5.61. The van der Waals surface area contributed by atoms with Gasteiger partial charge in [0.2, 0.25) is 0 Å². The lowest BCUT2D eigenvalue weighted by Gasteiger charge is -2.09. The minimum atomic E-state index is -0.0278. The number of hydrogen-bond donors (Lipinski definition) is 0. The molecule has 0 bridgehead atoms. The Bertz CT molecular complexity index is 91.7. The van der Waals surface area contributed by atoms with Gasteiger partial charge < -0.3 is 0 Å². The third-order valence-corrected chi connectivity index (χ3v) is 1.28. The topological polar surface area (TPSA) is 15.6 Å². The van der Waals surface area contributed by atoms with Crippen LogP contribution in [-0.4, -0.2) is 23.8 Å². The number of hydrazone groups is 1. The third-order valence-electron chi connectivity index (χ3n) is 0.851. The maximum Gasteiger partial charge on any atom is 0.129 e. The Balaban J connectivity index is 2.45. The first-order chi connectivity index (χ1) is 3.30. The summed E-state index contributed by atoms with van der Waals surface area (Å²) in [4.78, 5) is 0. The van der Waals surface area contributed by atoms with Gasteiger partial charge in [0, 0.05) is 19.7 Å². The molecule has 39 valence electrons. The van der Waals surface area contributed by atoms with E-state index in [1.165, 1.54) is 0 Å². The van der Waals surface area contributed by atoms with E-state index in [0.717, 1.165) is 0 Å². The van der Waals surface area contributed by atoms with Crippen LogP contribution in [0.5, 0.6) is 0 Å². The predicted molar refractivity (Wildman–Crippen MR) is 30.2 cm³/mol. The Morgan fingerprint density at radius 1 is 1.86 bits per heavy atom. The lowest BCUT2D eigenvalue weighted by Crippen LogP contribution is -2.15. The van der Waals surface area contributed by atoms with Gasteiger partial charge in [-0.05, 0) is 0 Å². The zero-order valence-corrected chi connectivity index (χ0v) is 4.76. The fourth-order valence-corrected chi connectivity index (χ4v) is 0.518. The van der Waals surface area contributed by atoms with E-state index in [2.05, 4.69) is 5.10 Å². The van der Waals surface area contributed by atoms with Gasteiger partial charge in [0.15, 0.2) is 0 Å². The summed E-state index contributed by atoms with van der Waals surface area (Å²) in [6.45, 7) is 0. The molecule has 0 aromatic rings. The first-order valence-corrected chi connectivity index (χ1v) is 2.48. The van der Waals surface area contributed by atoms with Gasteiger partial charge >= 0.3 is 0 Å². The van der Waals surface area contributed by atoms with Crippen molar-refractivity contribution in [3.63, 3.8) is 0 Å². The summed E-state index contributed by atoms with van der Waals surface area (Å²) in [5.74, 6) is 0. The molecule has 0 aromatic carbocycles. The van der Waals surface area contributed by atoms with Gasteiger partial charge in [-0.2, -0.15) is 5.10 Å². The van der Waals surface area contributed by atoms with E-state index in [0.29, 0.717) is 0 Å². The van der Waals surface area contributed by atoms with Gasteiger partial charge in [0.25, 0.3) is 0 Å². The molecule has 7 heavy (non-hydrogen) atoms. The van der Waals surface area contributed by atoms with Crippen molar-refractivity contribution in [2.45, 2.75) is 5.50 Å². The fraction of sp³-hybridized carbons (Fsp3) is 0.500. The van der Waals surface area contributed by atoms with E-state index in [1.807, 2.05) is 13.5 Å². The molecule has 1 unspecified atom stereocenters. The van der Waals surface area contributed by atoms with Crippen molar-refractivity contribution < 1.29 is 0 Å². The van der Waals surface area contributed by atoms with Crippen LogP contribution in [0.1, 0.15) is 0 Å². The smallest absolute Gasteiger partial charge is 0.129 e. The van der Waals surface area contributed by atoms with Crippen LogP contribution in [0.4, 0.5) is 0 Å². The SMILES string of the molecule is CN1N=C[CH]C1Cl. The van der Waals surface area contributed by atoms with Gasteiger partial charge in [-0.15, -0.1) is 0 Å². The lowest BCUT2D eigenvalue weighted by molar-refractivity contribution is 0.377. The highest BCUT2D eigenvalue weighted by atomic mass is 35.5. The molecule has 0 spiro atoms. The van der Waals surface area contributed by atoms with Crippen LogP contribution in [0.3, 0.4) is 0 Å². The lowest BCUT2D eigenvalue weighted by atomic mass is 10.5. The number of halogens is 1. The predicted octanol–water partition coefficient (Wildman–Crippen LogP) is 0.687. The van der Waals surface area contributed by atoms with E-state index in [1.54, 1.807) is 11.2 Å². The Morgan fingerprint density at radius 2 is 2.57 bits per heavy atom. The molecule has 0 fully saturated rings. The number of rotatable bonds is 0. The van der Waals surface area contributed by atoms with Gasteiger partial charge in [-0.25, -0.2) is 0 Å². The summed E-state index contributed by atoms with van der Waals surface area (Å²) in [6, 6.07) is 0. The minimum absolute atomic E-state index is 0.0278. The van der Waals surface area contributed by atoms with Crippen molar-refractivity contribution in [3.8, 4) is 0 Å². The van der Waals surface area contributed by atoms with Gasteiger partial charge in [-0.3, -0.25) is 5.01 Å². The highest BCUT2D eigenvalue weighted by molar-refractivity contribution is 6.22. The molecule has 0 amide bonds. The molecule has 2 nitrogen and oxygen atoms in total. The van der Waals surface area contributed by atoms with E-state index in [-0.39, 0.29) is 5.50 Å². The van der Waals surface area contributed by atoms with E-state index in [4.69, 9.17) is 11.6 Å². The molecule has 1 atom stereocenters. The molecular weight excluding hydrogens is 112 g/mol. The first-order valence-electron chi connectivity index (χ1n) is 2.05. The Kier molecular flexibility index (Phi) is 1.19. The largest absolute Gasteiger partial charge is 0.282 e. The minimum Gasteiger partial charge on any atom is -0.282 e. The molecular formula is C4H6ClN2. The van der Waals surface area contributed by atoms with E-state index < -0.39 is 0 Å². The summed E-state index contributed by atoms with van der Waals surface area (Å²) in [5.41, 5.74) is -0.0278. The Hall–Kier alpha value is -0.240. The normalized spacial score (nSPS) is 29.4. The van der Waals surface area contributed by atoms with Gasteiger partial charge in [-0.1, -0.05) is 11.6 Å². The zero-order valence-electron chi connectivity index (χ0n) is 4.00. The van der Waals surface area contributed by atoms with Crippen LogP contribution < -0.4 is 0 Å². The van der Waals surface area contributed by atoms with Crippen molar-refractivity contribution in [1.82, 2.24) is 5.01 Å². The third kappa shape index (κ3) is 0.855. The number of nitrogens with zero attached hydrogens (tertiary/aromatic N) is 2. The van der Waals surface area contributed by atoms with Crippen molar-refractivity contribution >= 4 is 17.8 Å². The summed E-state index contributed by atoms with van der Waals surface area (Å²) < 4.78 is 0. The van der Waals surface area contributed by atoms with Crippen molar-refractivity contribution in [2.24, 2.45) is 5.10 Å². The van der Waals surface area contributed by atoms with Crippen LogP contribution in [0, 0.1) is 6.42 Å². The molecule has 0 saturated carbocycles. The van der Waals surface area contributed by atoms with E-state index in [9.17, 15) is 0 Å². The zero-order chi connectivity index (χ0) is 5.28. The number of hydrogen-bond acceptors (Lipinski definition) is 2. The first kappa shape index (κ1) is 4.91. The molecule has 1 aliphatic rings. The van der Waals surface area contributed by atoms with Crippen LogP contribution in [0.15, 0.2) is 5.10 Å².